The number of hydrogen-bond acceptors (Lipinski definition) is 3. The number of ether oxygens (including phenoxy) is 1. The van der Waals surface area contributed by atoms with Gasteiger partial charge in [0.1, 0.15) is 0 Å². The van der Waals surface area contributed by atoms with Crippen LogP contribution in [0.1, 0.15) is 18.4 Å². The van der Waals surface area contributed by atoms with Crippen molar-refractivity contribution in [2.45, 2.75) is 19.4 Å². The molecule has 1 aliphatic heterocycles. The fraction of sp³-hybridized carbons (Fsp3) is 0.571. The molecule has 0 aliphatic carbocycles. The molecule has 19 heavy (non-hydrogen) atoms. The van der Waals surface area contributed by atoms with Crippen molar-refractivity contribution in [3.63, 3.8) is 0 Å². The molecule has 0 radical (unpaired) electrons. The fourth-order valence-electron chi connectivity index (χ4n) is 2.46. The van der Waals surface area contributed by atoms with E-state index in [0.717, 1.165) is 32.6 Å². The van der Waals surface area contributed by atoms with Gasteiger partial charge in [-0.2, -0.15) is 0 Å². The van der Waals surface area contributed by atoms with E-state index in [0.29, 0.717) is 18.0 Å². The first-order valence-corrected chi connectivity index (χ1v) is 6.49. The van der Waals surface area contributed by atoms with Gasteiger partial charge in [-0.25, -0.2) is 8.78 Å². The first kappa shape index (κ1) is 14.2. The van der Waals surface area contributed by atoms with Crippen molar-refractivity contribution in [2.75, 3.05) is 26.8 Å². The molecule has 1 aromatic carbocycles. The molecule has 0 unspecified atom stereocenters. The molecule has 1 heterocycles. The average Bonchev–Trinajstić information content (AvgIpc) is 2.37. The SMILES string of the molecule is CN(Cc1cc(F)c(O)c(F)c1)CC1CCOCC1. The zero-order valence-electron chi connectivity index (χ0n) is 11.0. The number of hydrogen-bond donors (Lipinski definition) is 1. The normalized spacial score (nSPS) is 17.1. The number of phenols is 1. The highest BCUT2D eigenvalue weighted by Crippen LogP contribution is 2.22. The standard InChI is InChI=1S/C14H19F2NO2/c1-17(8-10-2-4-19-5-3-10)9-11-6-12(15)14(18)13(16)7-11/h6-7,10,18H,2-5,8-9H2,1H3. The Labute approximate surface area is 111 Å². The van der Waals surface area contributed by atoms with Crippen molar-refractivity contribution in [3.8, 4) is 5.75 Å². The molecule has 0 bridgehead atoms. The van der Waals surface area contributed by atoms with Crippen molar-refractivity contribution in [1.82, 2.24) is 4.90 Å². The monoisotopic (exact) mass is 271 g/mol. The lowest BCUT2D eigenvalue weighted by molar-refractivity contribution is 0.0549. The van der Waals surface area contributed by atoms with E-state index in [1.54, 1.807) is 0 Å². The summed E-state index contributed by atoms with van der Waals surface area (Å²) < 4.78 is 31.7. The zero-order valence-corrected chi connectivity index (χ0v) is 11.0. The molecule has 5 heteroatoms. The van der Waals surface area contributed by atoms with Gasteiger partial charge in [0.2, 0.25) is 0 Å². The van der Waals surface area contributed by atoms with Gasteiger partial charge < -0.3 is 14.7 Å². The zero-order chi connectivity index (χ0) is 13.8. The smallest absolute Gasteiger partial charge is 0.187 e. The second-order valence-corrected chi connectivity index (χ2v) is 5.16. The van der Waals surface area contributed by atoms with Crippen LogP contribution >= 0.6 is 0 Å². The van der Waals surface area contributed by atoms with Gasteiger partial charge in [0, 0.05) is 26.3 Å². The second-order valence-electron chi connectivity index (χ2n) is 5.16. The molecule has 0 saturated carbocycles. The molecule has 0 amide bonds. The summed E-state index contributed by atoms with van der Waals surface area (Å²) in [5, 5.41) is 9.05. The Balaban J connectivity index is 1.92. The van der Waals surface area contributed by atoms with Gasteiger partial charge in [0.25, 0.3) is 0 Å². The predicted molar refractivity (Wildman–Crippen MR) is 67.9 cm³/mol. The third-order valence-corrected chi connectivity index (χ3v) is 3.44. The summed E-state index contributed by atoms with van der Waals surface area (Å²) >= 11 is 0. The highest BCUT2D eigenvalue weighted by atomic mass is 19.1. The fourth-order valence-corrected chi connectivity index (χ4v) is 2.46. The highest BCUT2D eigenvalue weighted by Gasteiger charge is 2.17. The number of nitrogens with zero attached hydrogens (tertiary/aromatic N) is 1. The first-order chi connectivity index (χ1) is 9.06. The van der Waals surface area contributed by atoms with E-state index in [-0.39, 0.29) is 0 Å². The molecular weight excluding hydrogens is 252 g/mol. The third-order valence-electron chi connectivity index (χ3n) is 3.44. The quantitative estimate of drug-likeness (QED) is 0.913. The van der Waals surface area contributed by atoms with Crippen LogP contribution in [0.5, 0.6) is 5.75 Å². The minimum Gasteiger partial charge on any atom is -0.503 e. The highest BCUT2D eigenvalue weighted by molar-refractivity contribution is 5.29. The molecule has 1 aliphatic rings. The Morgan fingerprint density at radius 2 is 1.84 bits per heavy atom. The van der Waals surface area contributed by atoms with Gasteiger partial charge in [-0.1, -0.05) is 0 Å². The summed E-state index contributed by atoms with van der Waals surface area (Å²) in [6, 6.07) is 2.36. The first-order valence-electron chi connectivity index (χ1n) is 6.49. The van der Waals surface area contributed by atoms with Crippen LogP contribution in [-0.2, 0) is 11.3 Å². The number of rotatable bonds is 4. The number of halogens is 2. The van der Waals surface area contributed by atoms with Crippen LogP contribution in [-0.4, -0.2) is 36.8 Å². The molecule has 2 rings (SSSR count). The van der Waals surface area contributed by atoms with Crippen LogP contribution in [0.4, 0.5) is 8.78 Å². The summed E-state index contributed by atoms with van der Waals surface area (Å²) in [7, 11) is 1.93. The Kier molecular flexibility index (Phi) is 4.71. The average molecular weight is 271 g/mol. The van der Waals surface area contributed by atoms with Gasteiger partial charge >= 0.3 is 0 Å². The van der Waals surface area contributed by atoms with Gasteiger partial charge in [-0.3, -0.25) is 0 Å². The van der Waals surface area contributed by atoms with Crippen LogP contribution < -0.4 is 0 Å². The lowest BCUT2D eigenvalue weighted by Gasteiger charge is -2.27. The molecule has 1 N–H and O–H groups in total. The lowest BCUT2D eigenvalue weighted by Crippen LogP contribution is -2.29. The van der Waals surface area contributed by atoms with E-state index in [9.17, 15) is 8.78 Å². The number of benzene rings is 1. The van der Waals surface area contributed by atoms with E-state index < -0.39 is 17.4 Å². The minimum absolute atomic E-state index is 0.464. The predicted octanol–water partition coefficient (Wildman–Crippen LogP) is 2.53. The van der Waals surface area contributed by atoms with E-state index in [2.05, 4.69) is 0 Å². The summed E-state index contributed by atoms with van der Waals surface area (Å²) in [6.45, 7) is 2.93. The van der Waals surface area contributed by atoms with Crippen LogP contribution in [0.3, 0.4) is 0 Å². The van der Waals surface area contributed by atoms with Gasteiger partial charge in [0.05, 0.1) is 0 Å². The van der Waals surface area contributed by atoms with E-state index in [1.807, 2.05) is 11.9 Å². The molecule has 1 saturated heterocycles. The van der Waals surface area contributed by atoms with Gasteiger partial charge in [0.15, 0.2) is 17.4 Å². The molecule has 1 fully saturated rings. The molecule has 0 spiro atoms. The van der Waals surface area contributed by atoms with Crippen LogP contribution in [0.15, 0.2) is 12.1 Å². The maximum absolute atomic E-state index is 13.2. The van der Waals surface area contributed by atoms with E-state index in [1.165, 1.54) is 12.1 Å². The van der Waals surface area contributed by atoms with Crippen molar-refractivity contribution >= 4 is 0 Å². The summed E-state index contributed by atoms with van der Waals surface area (Å²) in [6.07, 6.45) is 2.06. The molecular formula is C14H19F2NO2. The Morgan fingerprint density at radius 3 is 2.42 bits per heavy atom. The number of aromatic hydroxyl groups is 1. The third kappa shape index (κ3) is 3.88. The summed E-state index contributed by atoms with van der Waals surface area (Å²) in [5.74, 6) is -2.15. The Hall–Kier alpha value is -1.20. The Morgan fingerprint density at radius 1 is 1.26 bits per heavy atom. The van der Waals surface area contributed by atoms with Crippen LogP contribution in [0.25, 0.3) is 0 Å². The maximum atomic E-state index is 13.2. The van der Waals surface area contributed by atoms with Crippen LogP contribution in [0.2, 0.25) is 0 Å². The van der Waals surface area contributed by atoms with E-state index >= 15 is 0 Å². The van der Waals surface area contributed by atoms with Gasteiger partial charge in [-0.05, 0) is 43.5 Å². The lowest BCUT2D eigenvalue weighted by atomic mass is 10.00. The Bertz CT molecular complexity index is 410. The molecule has 3 nitrogen and oxygen atoms in total. The molecule has 0 aromatic heterocycles. The summed E-state index contributed by atoms with van der Waals surface area (Å²) in [4.78, 5) is 2.04. The van der Waals surface area contributed by atoms with Gasteiger partial charge in [-0.15, -0.1) is 0 Å². The maximum Gasteiger partial charge on any atom is 0.187 e. The van der Waals surface area contributed by atoms with Crippen molar-refractivity contribution in [1.29, 1.82) is 0 Å². The van der Waals surface area contributed by atoms with Crippen molar-refractivity contribution in [2.24, 2.45) is 5.92 Å². The molecule has 106 valence electrons. The minimum atomic E-state index is -0.908. The second kappa shape index (κ2) is 6.30. The van der Waals surface area contributed by atoms with Crippen molar-refractivity contribution < 1.29 is 18.6 Å². The number of phenolic OH excluding ortho intramolecular Hbond substituents is 1. The molecule has 0 atom stereocenters. The summed E-state index contributed by atoms with van der Waals surface area (Å²) in [5.41, 5.74) is 0.530. The topological polar surface area (TPSA) is 32.7 Å². The van der Waals surface area contributed by atoms with Crippen LogP contribution in [0, 0.1) is 17.6 Å². The molecule has 1 aromatic rings. The van der Waals surface area contributed by atoms with E-state index in [4.69, 9.17) is 9.84 Å². The largest absolute Gasteiger partial charge is 0.503 e. The van der Waals surface area contributed by atoms with Crippen molar-refractivity contribution in [3.05, 3.63) is 29.3 Å².